The molecule has 3 N–H and O–H groups in total. The van der Waals surface area contributed by atoms with Crippen LogP contribution in [-0.2, 0) is 13.0 Å². The number of carboxylic acids is 1. The molecule has 0 radical (unpaired) electrons. The fraction of sp³-hybridized carbons (Fsp3) is 0.192. The molecular formula is C26H25N4O4-. The van der Waals surface area contributed by atoms with Crippen molar-refractivity contribution in [3.63, 3.8) is 0 Å². The Balaban J connectivity index is 1.78. The Kier molecular flexibility index (Phi) is 6.49. The van der Waals surface area contributed by atoms with Crippen LogP contribution < -0.4 is 15.6 Å². The predicted octanol–water partition coefficient (Wildman–Crippen LogP) is 3.17. The number of carboxylic acid groups (broad SMARTS) is 1. The number of aryl methyl sites for hydroxylation is 1. The van der Waals surface area contributed by atoms with Crippen molar-refractivity contribution in [2.45, 2.75) is 26.8 Å². The molecule has 0 unspecified atom stereocenters. The van der Waals surface area contributed by atoms with E-state index in [1.807, 2.05) is 62.4 Å². The Hall–Kier alpha value is -4.33. The third-order valence-corrected chi connectivity index (χ3v) is 5.73. The van der Waals surface area contributed by atoms with Gasteiger partial charge in [-0.05, 0) is 41.7 Å². The first-order valence-electron chi connectivity index (χ1n) is 11.0. The molecule has 0 saturated carbocycles. The molecule has 174 valence electrons. The minimum atomic E-state index is -1.23. The van der Waals surface area contributed by atoms with Gasteiger partial charge in [-0.25, -0.2) is 0 Å². The van der Waals surface area contributed by atoms with E-state index in [0.717, 1.165) is 16.7 Å². The third-order valence-electron chi connectivity index (χ3n) is 5.73. The van der Waals surface area contributed by atoms with Crippen LogP contribution in [0, 0.1) is 0 Å². The van der Waals surface area contributed by atoms with Gasteiger partial charge in [-0.1, -0.05) is 66.7 Å². The number of hydrogen-bond acceptors (Lipinski definition) is 6. The van der Waals surface area contributed by atoms with E-state index in [0.29, 0.717) is 47.7 Å². The summed E-state index contributed by atoms with van der Waals surface area (Å²) in [6, 6.07) is 19.1. The van der Waals surface area contributed by atoms with E-state index in [1.54, 1.807) is 16.7 Å². The molecule has 0 aliphatic carbocycles. The van der Waals surface area contributed by atoms with Crippen LogP contribution in [0.2, 0.25) is 0 Å². The molecule has 34 heavy (non-hydrogen) atoms. The molecule has 1 heterocycles. The monoisotopic (exact) mass is 457 g/mol. The van der Waals surface area contributed by atoms with Gasteiger partial charge in [0, 0.05) is 11.1 Å². The maximum absolute atomic E-state index is 12.0. The van der Waals surface area contributed by atoms with Crippen LogP contribution in [0.15, 0.2) is 65.8 Å². The quantitative estimate of drug-likeness (QED) is 0.181. The van der Waals surface area contributed by atoms with E-state index in [9.17, 15) is 9.90 Å². The summed E-state index contributed by atoms with van der Waals surface area (Å²) < 4.78 is 7.52. The van der Waals surface area contributed by atoms with Gasteiger partial charge in [0.15, 0.2) is 5.84 Å². The first-order chi connectivity index (χ1) is 16.5. The van der Waals surface area contributed by atoms with Gasteiger partial charge >= 0.3 is 0 Å². The highest BCUT2D eigenvalue weighted by atomic mass is 16.5. The summed E-state index contributed by atoms with van der Waals surface area (Å²) >= 11 is 0. The molecule has 1 aromatic heterocycles. The zero-order chi connectivity index (χ0) is 24.2. The standard InChI is InChI=1S/C26H26N4O4/c1-3-17-13-14-21-23(22(17)25(31)32)30(26(28-21)34-4-2)15-16-9-11-18(12-10-16)19-7-5-6-8-20(19)24(27)29-33/h5-14,33H,3-4,15H2,1-2H3,(H2,27,29)(H,31,32)/p-1. The highest BCUT2D eigenvalue weighted by Gasteiger charge is 2.19. The van der Waals surface area contributed by atoms with Gasteiger partial charge in [0.2, 0.25) is 0 Å². The molecule has 0 aliphatic rings. The molecule has 4 rings (SSSR count). The summed E-state index contributed by atoms with van der Waals surface area (Å²) in [6.45, 7) is 4.52. The number of amidine groups is 1. The lowest BCUT2D eigenvalue weighted by molar-refractivity contribution is -0.254. The number of imidazole rings is 1. The van der Waals surface area contributed by atoms with Crippen LogP contribution in [-0.4, -0.2) is 33.2 Å². The van der Waals surface area contributed by atoms with E-state index in [1.165, 1.54) is 0 Å². The van der Waals surface area contributed by atoms with Crippen LogP contribution in [0.1, 0.15) is 40.9 Å². The number of nitrogens with two attached hydrogens (primary N) is 1. The third kappa shape index (κ3) is 4.17. The van der Waals surface area contributed by atoms with Crippen molar-refractivity contribution in [1.29, 1.82) is 0 Å². The van der Waals surface area contributed by atoms with Crippen molar-refractivity contribution in [3.05, 3.63) is 82.9 Å². The molecular weight excluding hydrogens is 432 g/mol. The number of benzene rings is 3. The van der Waals surface area contributed by atoms with Gasteiger partial charge in [-0.15, -0.1) is 0 Å². The van der Waals surface area contributed by atoms with Crippen LogP contribution >= 0.6 is 0 Å². The second kappa shape index (κ2) is 9.66. The topological polar surface area (TPSA) is 126 Å². The Bertz CT molecular complexity index is 1370. The average Bonchev–Trinajstić information content (AvgIpc) is 3.20. The Morgan fingerprint density at radius 2 is 1.85 bits per heavy atom. The maximum atomic E-state index is 12.0. The Labute approximate surface area is 196 Å². The number of carbonyl (C=O) groups is 1. The van der Waals surface area contributed by atoms with Gasteiger partial charge < -0.3 is 25.6 Å². The van der Waals surface area contributed by atoms with Crippen molar-refractivity contribution < 1.29 is 19.8 Å². The lowest BCUT2D eigenvalue weighted by Crippen LogP contribution is -2.25. The lowest BCUT2D eigenvalue weighted by atomic mass is 9.98. The van der Waals surface area contributed by atoms with E-state index in [4.69, 9.17) is 15.7 Å². The molecule has 0 bridgehead atoms. The Morgan fingerprint density at radius 1 is 1.12 bits per heavy atom. The van der Waals surface area contributed by atoms with E-state index in [2.05, 4.69) is 10.1 Å². The molecule has 0 spiro atoms. The molecule has 3 aromatic carbocycles. The van der Waals surface area contributed by atoms with Crippen molar-refractivity contribution in [2.24, 2.45) is 10.9 Å². The number of hydrogen-bond donors (Lipinski definition) is 2. The average molecular weight is 458 g/mol. The molecule has 0 aliphatic heterocycles. The molecule has 4 aromatic rings. The summed E-state index contributed by atoms with van der Waals surface area (Å²) in [5, 5.41) is 24.3. The molecule has 0 saturated heterocycles. The first-order valence-corrected chi connectivity index (χ1v) is 11.0. The molecule has 0 fully saturated rings. The fourth-order valence-corrected chi connectivity index (χ4v) is 4.14. The summed E-state index contributed by atoms with van der Waals surface area (Å²) in [5.74, 6) is -1.20. The van der Waals surface area contributed by atoms with Crippen molar-refractivity contribution in [1.82, 2.24) is 9.55 Å². The van der Waals surface area contributed by atoms with Gasteiger partial charge in [-0.3, -0.25) is 4.57 Å². The normalized spacial score (nSPS) is 11.6. The fourth-order valence-electron chi connectivity index (χ4n) is 4.14. The highest BCUT2D eigenvalue weighted by Crippen LogP contribution is 2.30. The minimum absolute atomic E-state index is 0.0347. The number of ether oxygens (including phenoxy) is 1. The van der Waals surface area contributed by atoms with Gasteiger partial charge in [0.25, 0.3) is 6.01 Å². The second-order valence-corrected chi connectivity index (χ2v) is 7.75. The van der Waals surface area contributed by atoms with Crippen molar-refractivity contribution in [2.75, 3.05) is 6.61 Å². The minimum Gasteiger partial charge on any atom is -0.545 e. The zero-order valence-corrected chi connectivity index (χ0v) is 19.0. The second-order valence-electron chi connectivity index (χ2n) is 7.75. The smallest absolute Gasteiger partial charge is 0.297 e. The number of aromatic carboxylic acids is 1. The Morgan fingerprint density at radius 3 is 2.50 bits per heavy atom. The summed E-state index contributed by atoms with van der Waals surface area (Å²) in [4.78, 5) is 16.6. The first kappa shape index (κ1) is 22.8. The van der Waals surface area contributed by atoms with Gasteiger partial charge in [0.1, 0.15) is 0 Å². The highest BCUT2D eigenvalue weighted by molar-refractivity contribution is 6.03. The molecule has 0 atom stereocenters. The van der Waals surface area contributed by atoms with Gasteiger partial charge in [0.05, 0.1) is 30.2 Å². The maximum Gasteiger partial charge on any atom is 0.297 e. The SMILES string of the molecule is CCOc1nc2ccc(CC)c(C(=O)[O-])c2n1Cc1ccc(-c2ccccc2/C(N)=N/O)cc1. The molecule has 8 nitrogen and oxygen atoms in total. The van der Waals surface area contributed by atoms with Crippen LogP contribution in [0.25, 0.3) is 22.2 Å². The number of carbonyl (C=O) groups excluding carboxylic acids is 1. The summed E-state index contributed by atoms with van der Waals surface area (Å²) in [5.41, 5.74) is 11.0. The lowest BCUT2D eigenvalue weighted by Gasteiger charge is -2.15. The van der Waals surface area contributed by atoms with E-state index >= 15 is 0 Å². The largest absolute Gasteiger partial charge is 0.545 e. The number of nitrogens with zero attached hydrogens (tertiary/aromatic N) is 3. The number of aromatic nitrogens is 2. The van der Waals surface area contributed by atoms with Crippen molar-refractivity contribution >= 4 is 22.8 Å². The predicted molar refractivity (Wildman–Crippen MR) is 128 cm³/mol. The number of fused-ring (bicyclic) bond motifs is 1. The van der Waals surface area contributed by atoms with Crippen LogP contribution in [0.5, 0.6) is 6.01 Å². The van der Waals surface area contributed by atoms with E-state index in [-0.39, 0.29) is 11.4 Å². The van der Waals surface area contributed by atoms with Gasteiger partial charge in [-0.2, -0.15) is 4.98 Å². The van der Waals surface area contributed by atoms with E-state index < -0.39 is 5.97 Å². The van der Waals surface area contributed by atoms with Crippen molar-refractivity contribution in [3.8, 4) is 17.1 Å². The zero-order valence-electron chi connectivity index (χ0n) is 19.0. The summed E-state index contributed by atoms with van der Waals surface area (Å²) in [7, 11) is 0. The molecule has 8 heteroatoms. The molecule has 0 amide bonds. The number of rotatable bonds is 8. The van der Waals surface area contributed by atoms with Crippen LogP contribution in [0.3, 0.4) is 0 Å². The van der Waals surface area contributed by atoms with Crippen LogP contribution in [0.4, 0.5) is 0 Å². The number of oxime groups is 1. The summed E-state index contributed by atoms with van der Waals surface area (Å²) in [6.07, 6.45) is 0.558.